The number of aryl methyl sites for hydroxylation is 1. The van der Waals surface area contributed by atoms with Gasteiger partial charge in [-0.1, -0.05) is 12.1 Å². The van der Waals surface area contributed by atoms with Crippen molar-refractivity contribution in [3.8, 4) is 0 Å². The maximum atomic E-state index is 13.4. The average molecular weight is 388 g/mol. The molecule has 1 aromatic carbocycles. The van der Waals surface area contributed by atoms with Crippen LogP contribution in [0.5, 0.6) is 0 Å². The van der Waals surface area contributed by atoms with E-state index in [1.54, 1.807) is 11.6 Å². The van der Waals surface area contributed by atoms with Gasteiger partial charge in [0, 0.05) is 0 Å². The number of benzene rings is 1. The van der Waals surface area contributed by atoms with Crippen molar-refractivity contribution in [2.45, 2.75) is 24.2 Å². The third-order valence-electron chi connectivity index (χ3n) is 3.50. The molecule has 0 saturated carbocycles. The molecule has 2 aromatic heterocycles. The molecule has 0 fully saturated rings. The van der Waals surface area contributed by atoms with Gasteiger partial charge in [-0.05, 0) is 36.8 Å². The first-order valence-electron chi connectivity index (χ1n) is 7.24. The maximum absolute atomic E-state index is 13.4. The van der Waals surface area contributed by atoms with E-state index in [9.17, 15) is 26.0 Å². The number of imidazole rings is 1. The highest BCUT2D eigenvalue weighted by molar-refractivity contribution is 7.89. The van der Waals surface area contributed by atoms with Crippen LogP contribution in [0.3, 0.4) is 0 Å². The van der Waals surface area contributed by atoms with Crippen LogP contribution in [-0.2, 0) is 10.0 Å². The first-order chi connectivity index (χ1) is 12.1. The quantitative estimate of drug-likeness (QED) is 0.698. The predicted octanol–water partition coefficient (Wildman–Crippen LogP) is 2.76. The van der Waals surface area contributed by atoms with Crippen molar-refractivity contribution in [3.63, 3.8) is 0 Å². The molecule has 0 amide bonds. The van der Waals surface area contributed by atoms with Crippen LogP contribution >= 0.6 is 0 Å². The summed E-state index contributed by atoms with van der Waals surface area (Å²) in [6.45, 7) is 1.66. The van der Waals surface area contributed by atoms with Crippen LogP contribution in [0.15, 0.2) is 47.6 Å². The molecule has 0 spiro atoms. The number of halogens is 4. The summed E-state index contributed by atoms with van der Waals surface area (Å²) in [6, 6.07) is 3.21. The fourth-order valence-corrected chi connectivity index (χ4v) is 3.46. The molecule has 3 aromatic rings. The molecule has 138 valence electrons. The molecule has 1 atom stereocenters. The Hall–Kier alpha value is -2.53. The van der Waals surface area contributed by atoms with Gasteiger partial charge in [0.25, 0.3) is 10.0 Å². The Kier molecular flexibility index (Phi) is 4.44. The monoisotopic (exact) mass is 388 g/mol. The van der Waals surface area contributed by atoms with Gasteiger partial charge in [-0.3, -0.25) is 0 Å². The lowest BCUT2D eigenvalue weighted by Crippen LogP contribution is -2.38. The van der Waals surface area contributed by atoms with Gasteiger partial charge in [0.1, 0.15) is 11.9 Å². The van der Waals surface area contributed by atoms with E-state index in [1.807, 2.05) is 0 Å². The summed E-state index contributed by atoms with van der Waals surface area (Å²) in [5.74, 6) is -0.736. The Labute approximate surface area is 145 Å². The highest BCUT2D eigenvalue weighted by Crippen LogP contribution is 2.34. The van der Waals surface area contributed by atoms with Crippen molar-refractivity contribution in [2.24, 2.45) is 0 Å². The fraction of sp³-hybridized carbons (Fsp3) is 0.200. The van der Waals surface area contributed by atoms with Gasteiger partial charge in [-0.15, -0.1) is 0 Å². The Bertz CT molecular complexity index is 1050. The summed E-state index contributed by atoms with van der Waals surface area (Å²) in [5.41, 5.74) is 0.480. The second-order valence-electron chi connectivity index (χ2n) is 5.50. The van der Waals surface area contributed by atoms with Gasteiger partial charge in [0.05, 0.1) is 11.9 Å². The summed E-state index contributed by atoms with van der Waals surface area (Å²) in [7, 11) is -4.61. The molecular formula is C15H12F4N4O2S. The van der Waals surface area contributed by atoms with Crippen LogP contribution in [0, 0.1) is 12.7 Å². The van der Waals surface area contributed by atoms with Crippen LogP contribution < -0.4 is 4.72 Å². The van der Waals surface area contributed by atoms with Gasteiger partial charge in [-0.2, -0.15) is 23.0 Å². The number of alkyl halides is 3. The highest BCUT2D eigenvalue weighted by Gasteiger charge is 2.43. The van der Waals surface area contributed by atoms with Crippen molar-refractivity contribution in [1.82, 2.24) is 19.3 Å². The van der Waals surface area contributed by atoms with Crippen LogP contribution in [0.1, 0.15) is 17.3 Å². The maximum Gasteiger partial charge on any atom is 0.408 e. The molecule has 0 bridgehead atoms. The molecule has 26 heavy (non-hydrogen) atoms. The van der Waals surface area contributed by atoms with E-state index in [0.29, 0.717) is 11.3 Å². The van der Waals surface area contributed by atoms with E-state index in [4.69, 9.17) is 0 Å². The number of aromatic nitrogens is 3. The van der Waals surface area contributed by atoms with Crippen LogP contribution in [0.4, 0.5) is 17.6 Å². The van der Waals surface area contributed by atoms with Crippen LogP contribution in [-0.4, -0.2) is 29.2 Å². The molecule has 1 N–H and O–H groups in total. The predicted molar refractivity (Wildman–Crippen MR) is 83.2 cm³/mol. The minimum Gasteiger partial charge on any atom is -0.232 e. The molecule has 0 aliphatic rings. The fourth-order valence-electron chi connectivity index (χ4n) is 2.32. The highest BCUT2D eigenvalue weighted by atomic mass is 32.2. The Morgan fingerprint density at radius 2 is 1.77 bits per heavy atom. The molecule has 2 heterocycles. The summed E-state index contributed by atoms with van der Waals surface area (Å²) in [5, 5.41) is 3.19. The third kappa shape index (κ3) is 3.68. The minimum absolute atomic E-state index is 0.354. The molecule has 3 rings (SSSR count). The van der Waals surface area contributed by atoms with Gasteiger partial charge in [-0.25, -0.2) is 22.3 Å². The number of nitrogens with zero attached hydrogens (tertiary/aromatic N) is 3. The number of rotatable bonds is 4. The number of sulfonamides is 1. The molecule has 11 heteroatoms. The largest absolute Gasteiger partial charge is 0.408 e. The van der Waals surface area contributed by atoms with Crippen LogP contribution in [0.2, 0.25) is 0 Å². The topological polar surface area (TPSA) is 76.4 Å². The Morgan fingerprint density at radius 1 is 1.12 bits per heavy atom. The summed E-state index contributed by atoms with van der Waals surface area (Å²) in [6.07, 6.45) is -3.49. The van der Waals surface area contributed by atoms with Gasteiger partial charge in [0.15, 0.2) is 10.7 Å². The minimum atomic E-state index is -4.93. The Morgan fingerprint density at radius 3 is 2.38 bits per heavy atom. The normalized spacial score (nSPS) is 13.9. The van der Waals surface area contributed by atoms with Gasteiger partial charge < -0.3 is 0 Å². The second kappa shape index (κ2) is 6.32. The van der Waals surface area contributed by atoms with Crippen LogP contribution in [0.25, 0.3) is 5.65 Å². The second-order valence-corrected chi connectivity index (χ2v) is 7.16. The van der Waals surface area contributed by atoms with E-state index in [0.717, 1.165) is 34.8 Å². The lowest BCUT2D eigenvalue weighted by Gasteiger charge is -2.21. The average Bonchev–Trinajstić information content (AvgIpc) is 2.92. The molecular weight excluding hydrogens is 376 g/mol. The van der Waals surface area contributed by atoms with Crippen molar-refractivity contribution in [2.75, 3.05) is 0 Å². The first kappa shape index (κ1) is 18.3. The number of hydrogen-bond acceptors (Lipinski definition) is 4. The zero-order chi connectivity index (χ0) is 19.1. The standard InChI is InChI=1S/C15H12F4N4O2S/c1-9-8-23-12(20-9)6-7-13(21-23)26(24,25)22-14(15(17,18)19)10-2-4-11(16)5-3-10/h2-8,14,22H,1H3/t14-/m1/s1. The zero-order valence-electron chi connectivity index (χ0n) is 13.2. The van der Waals surface area contributed by atoms with E-state index in [1.165, 1.54) is 12.3 Å². The number of nitrogens with one attached hydrogen (secondary N) is 1. The van der Waals surface area contributed by atoms with Gasteiger partial charge >= 0.3 is 6.18 Å². The first-order valence-corrected chi connectivity index (χ1v) is 8.72. The molecule has 0 unspecified atom stereocenters. The zero-order valence-corrected chi connectivity index (χ0v) is 14.0. The summed E-state index contributed by atoms with van der Waals surface area (Å²) < 4.78 is 80.6. The molecule has 0 saturated heterocycles. The van der Waals surface area contributed by atoms with Gasteiger partial charge in [0.2, 0.25) is 0 Å². The SMILES string of the molecule is Cc1cn2nc(S(=O)(=O)N[C@H](c3ccc(F)cc3)C(F)(F)F)ccc2n1. The van der Waals surface area contributed by atoms with E-state index in [-0.39, 0.29) is 0 Å². The third-order valence-corrected chi connectivity index (χ3v) is 4.81. The number of fused-ring (bicyclic) bond motifs is 1. The lowest BCUT2D eigenvalue weighted by atomic mass is 10.1. The summed E-state index contributed by atoms with van der Waals surface area (Å²) in [4.78, 5) is 4.06. The molecule has 6 nitrogen and oxygen atoms in total. The van der Waals surface area contributed by atoms with E-state index >= 15 is 0 Å². The molecule has 0 aliphatic carbocycles. The smallest absolute Gasteiger partial charge is 0.232 e. The van der Waals surface area contributed by atoms with Crippen molar-refractivity contribution in [1.29, 1.82) is 0 Å². The van der Waals surface area contributed by atoms with Crippen molar-refractivity contribution >= 4 is 15.7 Å². The molecule has 0 radical (unpaired) electrons. The van der Waals surface area contributed by atoms with Crippen molar-refractivity contribution < 1.29 is 26.0 Å². The van der Waals surface area contributed by atoms with Crippen molar-refractivity contribution in [3.05, 3.63) is 59.7 Å². The number of hydrogen-bond donors (Lipinski definition) is 1. The lowest BCUT2D eigenvalue weighted by molar-refractivity contribution is -0.153. The van der Waals surface area contributed by atoms with E-state index < -0.39 is 38.6 Å². The summed E-state index contributed by atoms with van der Waals surface area (Å²) >= 11 is 0. The van der Waals surface area contributed by atoms with E-state index in [2.05, 4.69) is 10.1 Å². The molecule has 0 aliphatic heterocycles. The Balaban J connectivity index is 1.99.